The van der Waals surface area contributed by atoms with Gasteiger partial charge in [0.1, 0.15) is 11.0 Å². The first kappa shape index (κ1) is 17.2. The molecule has 0 radical (unpaired) electrons. The lowest BCUT2D eigenvalue weighted by Crippen LogP contribution is -2.25. The number of amides is 1. The number of hydrogen-bond acceptors (Lipinski definition) is 5. The highest BCUT2D eigenvalue weighted by molar-refractivity contribution is 7.15. The SMILES string of the molecule is Cc1c(Cl)c(C(F)(F)F)nn1[C@H](C)C(=O)Nc1nnc(C2CC2)s1. The maximum absolute atomic E-state index is 12.9. The van der Waals surface area contributed by atoms with E-state index in [0.717, 1.165) is 22.5 Å². The topological polar surface area (TPSA) is 72.7 Å². The minimum Gasteiger partial charge on any atom is -0.299 e. The molecule has 1 N–H and O–H groups in total. The van der Waals surface area contributed by atoms with Crippen LogP contribution >= 0.6 is 22.9 Å². The fourth-order valence-corrected chi connectivity index (χ4v) is 3.30. The summed E-state index contributed by atoms with van der Waals surface area (Å²) >= 11 is 6.97. The van der Waals surface area contributed by atoms with Gasteiger partial charge in [-0.2, -0.15) is 18.3 Å². The maximum Gasteiger partial charge on any atom is 0.436 e. The number of carbonyl (C=O) groups is 1. The Balaban J connectivity index is 1.77. The van der Waals surface area contributed by atoms with Gasteiger partial charge in [-0.05, 0) is 26.7 Å². The van der Waals surface area contributed by atoms with Gasteiger partial charge in [0.15, 0.2) is 5.69 Å². The van der Waals surface area contributed by atoms with Gasteiger partial charge in [0.05, 0.1) is 10.7 Å². The summed E-state index contributed by atoms with van der Waals surface area (Å²) in [5.74, 6) is -0.128. The van der Waals surface area contributed by atoms with Gasteiger partial charge in [0.25, 0.3) is 5.91 Å². The molecule has 1 aliphatic carbocycles. The second-order valence-corrected chi connectivity index (χ2v) is 6.96. The third-order valence-electron chi connectivity index (χ3n) is 3.69. The van der Waals surface area contributed by atoms with Gasteiger partial charge in [-0.3, -0.25) is 14.8 Å². The van der Waals surface area contributed by atoms with E-state index in [1.807, 2.05) is 0 Å². The van der Waals surface area contributed by atoms with E-state index in [2.05, 4.69) is 20.6 Å². The van der Waals surface area contributed by atoms with Crippen LogP contribution < -0.4 is 5.32 Å². The average molecular weight is 380 g/mol. The molecule has 0 spiro atoms. The molecule has 1 amide bonds. The minimum atomic E-state index is -4.68. The molecular formula is C13H13ClF3N5OS. The molecule has 0 aromatic carbocycles. The van der Waals surface area contributed by atoms with Crippen molar-refractivity contribution in [3.05, 3.63) is 21.4 Å². The fourth-order valence-electron chi connectivity index (χ4n) is 2.16. The van der Waals surface area contributed by atoms with Crippen molar-refractivity contribution in [3.63, 3.8) is 0 Å². The Morgan fingerprint density at radius 1 is 1.42 bits per heavy atom. The molecule has 2 heterocycles. The van der Waals surface area contributed by atoms with Crippen molar-refractivity contribution in [3.8, 4) is 0 Å². The molecular weight excluding hydrogens is 367 g/mol. The molecule has 1 saturated carbocycles. The normalized spacial score (nSPS) is 16.2. The zero-order valence-corrected chi connectivity index (χ0v) is 14.3. The molecule has 1 fully saturated rings. The molecule has 0 saturated heterocycles. The Hall–Kier alpha value is -1.68. The van der Waals surface area contributed by atoms with Crippen LogP contribution in [0.2, 0.25) is 5.02 Å². The molecule has 3 rings (SSSR count). The summed E-state index contributed by atoms with van der Waals surface area (Å²) in [5.41, 5.74) is -1.13. The van der Waals surface area contributed by atoms with Crippen molar-refractivity contribution in [1.29, 1.82) is 0 Å². The van der Waals surface area contributed by atoms with Crippen LogP contribution in [0.3, 0.4) is 0 Å². The van der Waals surface area contributed by atoms with E-state index in [4.69, 9.17) is 11.6 Å². The Kier molecular flexibility index (Phi) is 4.28. The van der Waals surface area contributed by atoms with Gasteiger partial charge in [0, 0.05) is 5.92 Å². The first-order valence-corrected chi connectivity index (χ1v) is 8.34. The second-order valence-electron chi connectivity index (χ2n) is 5.58. The third kappa shape index (κ3) is 3.25. The summed E-state index contributed by atoms with van der Waals surface area (Å²) < 4.78 is 39.5. The van der Waals surface area contributed by atoms with Crippen LogP contribution in [0, 0.1) is 6.92 Å². The van der Waals surface area contributed by atoms with Crippen LogP contribution in [-0.2, 0) is 11.0 Å². The molecule has 11 heteroatoms. The average Bonchev–Trinajstić information content (AvgIpc) is 3.17. The van der Waals surface area contributed by atoms with Crippen molar-refractivity contribution in [1.82, 2.24) is 20.0 Å². The molecule has 0 bridgehead atoms. The van der Waals surface area contributed by atoms with Crippen LogP contribution in [0.25, 0.3) is 0 Å². The summed E-state index contributed by atoms with van der Waals surface area (Å²) in [6.07, 6.45) is -2.56. The lowest BCUT2D eigenvalue weighted by molar-refractivity contribution is -0.141. The zero-order valence-electron chi connectivity index (χ0n) is 12.7. The molecule has 2 aromatic heterocycles. The fraction of sp³-hybridized carbons (Fsp3) is 0.538. The summed E-state index contributed by atoms with van der Waals surface area (Å²) in [6, 6.07) is -0.980. The quantitative estimate of drug-likeness (QED) is 0.877. The molecule has 0 unspecified atom stereocenters. The van der Waals surface area contributed by atoms with Crippen LogP contribution in [-0.4, -0.2) is 25.9 Å². The zero-order chi connectivity index (χ0) is 17.6. The van der Waals surface area contributed by atoms with Crippen LogP contribution in [0.5, 0.6) is 0 Å². The first-order valence-electron chi connectivity index (χ1n) is 7.14. The number of carbonyl (C=O) groups excluding carboxylic acids is 1. The van der Waals surface area contributed by atoms with E-state index in [0.29, 0.717) is 11.0 Å². The number of hydrogen-bond donors (Lipinski definition) is 1. The standard InChI is InChI=1S/C13H13ClF3N5OS/c1-5-8(14)9(13(15,16)17)21-22(5)6(2)10(23)18-12-20-19-11(24-12)7-3-4-7/h6-7H,3-4H2,1-2H3,(H,18,20,23)/t6-/m1/s1. The Morgan fingerprint density at radius 2 is 2.08 bits per heavy atom. The highest BCUT2D eigenvalue weighted by Crippen LogP contribution is 2.42. The second kappa shape index (κ2) is 5.99. The summed E-state index contributed by atoms with van der Waals surface area (Å²) in [6.45, 7) is 2.82. The Morgan fingerprint density at radius 3 is 2.62 bits per heavy atom. The number of halogens is 4. The van der Waals surface area contributed by atoms with Crippen molar-refractivity contribution >= 4 is 34.0 Å². The largest absolute Gasteiger partial charge is 0.436 e. The lowest BCUT2D eigenvalue weighted by atomic mass is 10.3. The molecule has 1 atom stereocenters. The van der Waals surface area contributed by atoms with Gasteiger partial charge in [-0.15, -0.1) is 10.2 Å². The van der Waals surface area contributed by atoms with Crippen molar-refractivity contribution < 1.29 is 18.0 Å². The highest BCUT2D eigenvalue weighted by atomic mass is 35.5. The monoisotopic (exact) mass is 379 g/mol. The summed E-state index contributed by atoms with van der Waals surface area (Å²) in [4.78, 5) is 12.3. The van der Waals surface area contributed by atoms with Gasteiger partial charge in [-0.1, -0.05) is 22.9 Å². The summed E-state index contributed by atoms with van der Waals surface area (Å²) in [7, 11) is 0. The lowest BCUT2D eigenvalue weighted by Gasteiger charge is -2.13. The molecule has 6 nitrogen and oxygen atoms in total. The van der Waals surface area contributed by atoms with Crippen molar-refractivity contribution in [2.45, 2.75) is 44.8 Å². The molecule has 24 heavy (non-hydrogen) atoms. The van der Waals surface area contributed by atoms with Gasteiger partial charge < -0.3 is 0 Å². The van der Waals surface area contributed by atoms with E-state index in [1.54, 1.807) is 0 Å². The summed E-state index contributed by atoms with van der Waals surface area (Å²) in [5, 5.41) is 14.6. The number of nitrogens with one attached hydrogen (secondary N) is 1. The van der Waals surface area contributed by atoms with E-state index in [-0.39, 0.29) is 5.69 Å². The number of anilines is 1. The first-order chi connectivity index (χ1) is 11.2. The smallest absolute Gasteiger partial charge is 0.299 e. The highest BCUT2D eigenvalue weighted by Gasteiger charge is 2.39. The number of aromatic nitrogens is 4. The maximum atomic E-state index is 12.9. The van der Waals surface area contributed by atoms with Crippen LogP contribution in [0.15, 0.2) is 0 Å². The van der Waals surface area contributed by atoms with E-state index in [1.165, 1.54) is 25.2 Å². The van der Waals surface area contributed by atoms with Gasteiger partial charge in [0.2, 0.25) is 5.13 Å². The number of alkyl halides is 3. The van der Waals surface area contributed by atoms with Crippen LogP contribution in [0.1, 0.15) is 48.1 Å². The van der Waals surface area contributed by atoms with Gasteiger partial charge >= 0.3 is 6.18 Å². The third-order valence-corrected chi connectivity index (χ3v) is 5.14. The van der Waals surface area contributed by atoms with Crippen LogP contribution in [0.4, 0.5) is 18.3 Å². The molecule has 1 aliphatic rings. The number of rotatable bonds is 4. The van der Waals surface area contributed by atoms with Crippen molar-refractivity contribution in [2.24, 2.45) is 0 Å². The minimum absolute atomic E-state index is 0.0718. The molecule has 130 valence electrons. The Bertz CT molecular complexity index is 783. The predicted octanol–water partition coefficient (Wildman–Crippen LogP) is 3.79. The Labute approximate surface area is 144 Å². The van der Waals surface area contributed by atoms with E-state index >= 15 is 0 Å². The number of nitrogens with zero attached hydrogens (tertiary/aromatic N) is 4. The van der Waals surface area contributed by atoms with Gasteiger partial charge in [-0.25, -0.2) is 0 Å². The van der Waals surface area contributed by atoms with E-state index in [9.17, 15) is 18.0 Å². The predicted molar refractivity (Wildman–Crippen MR) is 82.2 cm³/mol. The molecule has 2 aromatic rings. The van der Waals surface area contributed by atoms with Crippen molar-refractivity contribution in [2.75, 3.05) is 5.32 Å². The van der Waals surface area contributed by atoms with E-state index < -0.39 is 28.8 Å². The molecule has 0 aliphatic heterocycles.